The Kier molecular flexibility index (Phi) is 8.14. The number of aromatic hydroxyl groups is 1. The third-order valence-corrected chi connectivity index (χ3v) is 4.55. The third-order valence-electron chi connectivity index (χ3n) is 4.55. The van der Waals surface area contributed by atoms with Crippen LogP contribution in [0.3, 0.4) is 0 Å². The van der Waals surface area contributed by atoms with Crippen LogP contribution < -0.4 is 15.8 Å². The average Bonchev–Trinajstić information content (AvgIpc) is 2.63. The highest BCUT2D eigenvalue weighted by Crippen LogP contribution is 2.26. The van der Waals surface area contributed by atoms with E-state index in [9.17, 15) is 9.90 Å². The number of aryl methyl sites for hydroxylation is 3. The first-order valence-corrected chi connectivity index (χ1v) is 9.47. The standard InChI is InChI=1S/C22H30N2O3/c1-16-6-7-18(13-17(16)2)5-3-4-11-24-22(26)15-19-8-9-21(20(25)14-19)27-12-10-23/h6-9,13-14,25H,3-5,10-12,15,23H2,1-2H3,(H,24,26). The second-order valence-corrected chi connectivity index (χ2v) is 6.84. The van der Waals surface area contributed by atoms with Crippen molar-refractivity contribution in [3.63, 3.8) is 0 Å². The normalized spacial score (nSPS) is 10.6. The lowest BCUT2D eigenvalue weighted by atomic mass is 10.0. The third kappa shape index (κ3) is 6.94. The van der Waals surface area contributed by atoms with Crippen LogP contribution in [0, 0.1) is 13.8 Å². The first-order valence-electron chi connectivity index (χ1n) is 9.47. The van der Waals surface area contributed by atoms with Crippen LogP contribution in [-0.2, 0) is 17.6 Å². The van der Waals surface area contributed by atoms with Gasteiger partial charge in [-0.05, 0) is 67.5 Å². The Bertz CT molecular complexity index is 759. The second kappa shape index (κ2) is 10.6. The van der Waals surface area contributed by atoms with Crippen LogP contribution in [0.4, 0.5) is 0 Å². The summed E-state index contributed by atoms with van der Waals surface area (Å²) in [6.45, 7) is 5.64. The summed E-state index contributed by atoms with van der Waals surface area (Å²) < 4.78 is 5.31. The number of benzene rings is 2. The Morgan fingerprint density at radius 3 is 2.56 bits per heavy atom. The quantitative estimate of drug-likeness (QED) is 0.561. The SMILES string of the molecule is Cc1ccc(CCCCNC(=O)Cc2ccc(OCCN)c(O)c2)cc1C. The number of hydrogen-bond acceptors (Lipinski definition) is 4. The van der Waals surface area contributed by atoms with E-state index >= 15 is 0 Å². The number of nitrogens with two attached hydrogens (primary N) is 1. The predicted molar refractivity (Wildman–Crippen MR) is 108 cm³/mol. The lowest BCUT2D eigenvalue weighted by Crippen LogP contribution is -2.26. The first-order chi connectivity index (χ1) is 13.0. The molecule has 0 saturated carbocycles. The zero-order valence-corrected chi connectivity index (χ0v) is 16.3. The number of carbonyl (C=O) groups is 1. The minimum absolute atomic E-state index is 0.0298. The molecule has 5 nitrogen and oxygen atoms in total. The molecule has 0 aliphatic rings. The molecule has 0 unspecified atom stereocenters. The molecule has 1 amide bonds. The summed E-state index contributed by atoms with van der Waals surface area (Å²) >= 11 is 0. The van der Waals surface area contributed by atoms with E-state index < -0.39 is 0 Å². The highest BCUT2D eigenvalue weighted by atomic mass is 16.5. The summed E-state index contributed by atoms with van der Waals surface area (Å²) in [5.41, 5.74) is 10.1. The van der Waals surface area contributed by atoms with Gasteiger partial charge in [-0.15, -0.1) is 0 Å². The Balaban J connectivity index is 1.68. The van der Waals surface area contributed by atoms with Crippen molar-refractivity contribution in [3.05, 3.63) is 58.7 Å². The molecule has 0 atom stereocenters. The monoisotopic (exact) mass is 370 g/mol. The molecule has 5 heteroatoms. The maximum absolute atomic E-state index is 12.1. The van der Waals surface area contributed by atoms with Crippen molar-refractivity contribution in [1.82, 2.24) is 5.32 Å². The van der Waals surface area contributed by atoms with Crippen LogP contribution >= 0.6 is 0 Å². The number of amides is 1. The molecule has 0 aliphatic carbocycles. The van der Waals surface area contributed by atoms with E-state index in [0.717, 1.165) is 24.8 Å². The number of nitrogens with one attached hydrogen (secondary N) is 1. The van der Waals surface area contributed by atoms with E-state index in [1.54, 1.807) is 18.2 Å². The van der Waals surface area contributed by atoms with Crippen LogP contribution in [0.2, 0.25) is 0 Å². The van der Waals surface area contributed by atoms with Gasteiger partial charge in [0.1, 0.15) is 6.61 Å². The fourth-order valence-corrected chi connectivity index (χ4v) is 2.85. The molecular weight excluding hydrogens is 340 g/mol. The molecule has 0 spiro atoms. The maximum Gasteiger partial charge on any atom is 0.224 e. The number of unbranched alkanes of at least 4 members (excludes halogenated alkanes) is 1. The topological polar surface area (TPSA) is 84.6 Å². The molecule has 2 aromatic rings. The highest BCUT2D eigenvalue weighted by Gasteiger charge is 2.07. The van der Waals surface area contributed by atoms with E-state index in [2.05, 4.69) is 37.4 Å². The Morgan fingerprint density at radius 1 is 1.07 bits per heavy atom. The molecule has 0 aliphatic heterocycles. The Hall–Kier alpha value is -2.53. The average molecular weight is 370 g/mol. The number of hydrogen-bond donors (Lipinski definition) is 3. The van der Waals surface area contributed by atoms with Crippen LogP contribution in [0.15, 0.2) is 36.4 Å². The summed E-state index contributed by atoms with van der Waals surface area (Å²) in [4.78, 5) is 12.1. The summed E-state index contributed by atoms with van der Waals surface area (Å²) in [7, 11) is 0. The van der Waals surface area contributed by atoms with Crippen molar-refractivity contribution in [1.29, 1.82) is 0 Å². The van der Waals surface area contributed by atoms with E-state index in [0.29, 0.717) is 25.4 Å². The summed E-state index contributed by atoms with van der Waals surface area (Å²) in [6.07, 6.45) is 3.24. The zero-order chi connectivity index (χ0) is 19.6. The lowest BCUT2D eigenvalue weighted by molar-refractivity contribution is -0.120. The number of carbonyl (C=O) groups excluding carboxylic acids is 1. The lowest BCUT2D eigenvalue weighted by Gasteiger charge is -2.09. The van der Waals surface area contributed by atoms with Crippen molar-refractivity contribution in [3.8, 4) is 11.5 Å². The fourth-order valence-electron chi connectivity index (χ4n) is 2.85. The molecule has 146 valence electrons. The van der Waals surface area contributed by atoms with Crippen molar-refractivity contribution in [2.45, 2.75) is 39.5 Å². The molecule has 0 heterocycles. The van der Waals surface area contributed by atoms with Gasteiger partial charge in [-0.1, -0.05) is 24.3 Å². The maximum atomic E-state index is 12.1. The van der Waals surface area contributed by atoms with Gasteiger partial charge in [0.05, 0.1) is 6.42 Å². The van der Waals surface area contributed by atoms with Gasteiger partial charge in [0.25, 0.3) is 0 Å². The van der Waals surface area contributed by atoms with E-state index in [4.69, 9.17) is 10.5 Å². The minimum atomic E-state index is -0.0452. The highest BCUT2D eigenvalue weighted by molar-refractivity contribution is 5.78. The van der Waals surface area contributed by atoms with Crippen LogP contribution in [0.1, 0.15) is 35.1 Å². The summed E-state index contributed by atoms with van der Waals surface area (Å²) in [5.74, 6) is 0.370. The number of rotatable bonds is 10. The van der Waals surface area contributed by atoms with Gasteiger partial charge in [0.2, 0.25) is 5.91 Å². The molecule has 0 aromatic heterocycles. The zero-order valence-electron chi connectivity index (χ0n) is 16.3. The molecule has 0 saturated heterocycles. The first kappa shape index (κ1) is 20.8. The van der Waals surface area contributed by atoms with Crippen LogP contribution in [0.5, 0.6) is 11.5 Å². The molecule has 0 radical (unpaired) electrons. The number of phenols is 1. The molecule has 0 bridgehead atoms. The van der Waals surface area contributed by atoms with Gasteiger partial charge in [0.15, 0.2) is 11.5 Å². The summed E-state index contributed by atoms with van der Waals surface area (Å²) in [5, 5.41) is 12.9. The number of phenolic OH excluding ortho intramolecular Hbond substituents is 1. The Labute approximate surface area is 161 Å². The van der Waals surface area contributed by atoms with E-state index in [1.807, 2.05) is 0 Å². The predicted octanol–water partition coefficient (Wildman–Crippen LogP) is 3.03. The molecule has 2 aromatic carbocycles. The fraction of sp³-hybridized carbons (Fsp3) is 0.409. The van der Waals surface area contributed by atoms with Crippen molar-refractivity contribution < 1.29 is 14.6 Å². The second-order valence-electron chi connectivity index (χ2n) is 6.84. The molecular formula is C22H30N2O3. The van der Waals surface area contributed by atoms with Gasteiger partial charge in [-0.25, -0.2) is 0 Å². The van der Waals surface area contributed by atoms with Crippen LogP contribution in [-0.4, -0.2) is 30.7 Å². The Morgan fingerprint density at radius 2 is 1.85 bits per heavy atom. The molecule has 27 heavy (non-hydrogen) atoms. The molecule has 0 fully saturated rings. The van der Waals surface area contributed by atoms with E-state index in [-0.39, 0.29) is 18.1 Å². The van der Waals surface area contributed by atoms with Crippen molar-refractivity contribution in [2.75, 3.05) is 19.7 Å². The molecule has 4 N–H and O–H groups in total. The summed E-state index contributed by atoms with van der Waals surface area (Å²) in [6, 6.07) is 11.6. The molecule has 2 rings (SSSR count). The smallest absolute Gasteiger partial charge is 0.224 e. The van der Waals surface area contributed by atoms with Gasteiger partial charge in [-0.2, -0.15) is 0 Å². The van der Waals surface area contributed by atoms with Crippen molar-refractivity contribution in [2.24, 2.45) is 5.73 Å². The van der Waals surface area contributed by atoms with E-state index in [1.165, 1.54) is 16.7 Å². The van der Waals surface area contributed by atoms with Crippen LogP contribution in [0.25, 0.3) is 0 Å². The van der Waals surface area contributed by atoms with Gasteiger partial charge < -0.3 is 20.9 Å². The largest absolute Gasteiger partial charge is 0.504 e. The minimum Gasteiger partial charge on any atom is -0.504 e. The number of ether oxygens (including phenoxy) is 1. The van der Waals surface area contributed by atoms with Gasteiger partial charge in [0, 0.05) is 13.1 Å². The van der Waals surface area contributed by atoms with Gasteiger partial charge in [-0.3, -0.25) is 4.79 Å². The van der Waals surface area contributed by atoms with Crippen molar-refractivity contribution >= 4 is 5.91 Å². The van der Waals surface area contributed by atoms with Gasteiger partial charge >= 0.3 is 0 Å².